The number of amides is 2. The van der Waals surface area contributed by atoms with Gasteiger partial charge in [-0.2, -0.15) is 5.10 Å². The Hall–Kier alpha value is -3.03. The van der Waals surface area contributed by atoms with Crippen LogP contribution in [0.2, 0.25) is 0 Å². The van der Waals surface area contributed by atoms with Crippen molar-refractivity contribution in [2.24, 2.45) is 11.0 Å². The van der Waals surface area contributed by atoms with E-state index in [1.54, 1.807) is 33.2 Å². The first-order valence-electron chi connectivity index (χ1n) is 9.23. The molecule has 150 valence electrons. The lowest BCUT2D eigenvalue weighted by molar-refractivity contribution is -0.124. The molecule has 2 rings (SSSR count). The van der Waals surface area contributed by atoms with Crippen LogP contribution in [0.3, 0.4) is 0 Å². The highest BCUT2D eigenvalue weighted by molar-refractivity contribution is 5.96. The van der Waals surface area contributed by atoms with Gasteiger partial charge in [0.25, 0.3) is 5.91 Å². The van der Waals surface area contributed by atoms with Crippen molar-refractivity contribution in [1.82, 2.24) is 20.7 Å². The number of aromatic nitrogens is 2. The summed E-state index contributed by atoms with van der Waals surface area (Å²) in [6, 6.07) is 4.76. The molecular weight excluding hydrogens is 358 g/mol. The van der Waals surface area contributed by atoms with Gasteiger partial charge in [0.1, 0.15) is 11.6 Å². The topological polar surface area (TPSA) is 106 Å². The Bertz CT molecular complexity index is 855. The summed E-state index contributed by atoms with van der Waals surface area (Å²) >= 11 is 0. The second kappa shape index (κ2) is 9.25. The number of alkyl carbamates (subject to hydrolysis) is 1. The standard InChI is InChI=1S/C20H27N5O3/c1-6-13(2)16(24-19(27)28-20(3,4)5)18(26)25-23-12-14-8-7-9-15-17(14)22-11-10-21-15/h7-13,16H,6H2,1-5H3,(H,24,27)(H,25,26)/b23-12-/t13-,16-/m0/s1. The zero-order chi connectivity index (χ0) is 20.7. The molecule has 0 radical (unpaired) electrons. The van der Waals surface area contributed by atoms with Crippen molar-refractivity contribution in [3.8, 4) is 0 Å². The van der Waals surface area contributed by atoms with Gasteiger partial charge in [0.2, 0.25) is 0 Å². The summed E-state index contributed by atoms with van der Waals surface area (Å²) in [5.74, 6) is -0.506. The molecule has 0 bridgehead atoms. The zero-order valence-corrected chi connectivity index (χ0v) is 16.9. The van der Waals surface area contributed by atoms with Crippen molar-refractivity contribution in [2.45, 2.75) is 52.7 Å². The van der Waals surface area contributed by atoms with Gasteiger partial charge in [-0.1, -0.05) is 32.4 Å². The number of ether oxygens (including phenoxy) is 1. The molecule has 0 saturated heterocycles. The van der Waals surface area contributed by atoms with Gasteiger partial charge in [-0.3, -0.25) is 14.8 Å². The Kier molecular flexibility index (Phi) is 7.03. The maximum atomic E-state index is 12.6. The van der Waals surface area contributed by atoms with Crippen molar-refractivity contribution in [1.29, 1.82) is 0 Å². The first-order chi connectivity index (χ1) is 13.2. The van der Waals surface area contributed by atoms with Crippen LogP contribution in [-0.4, -0.2) is 39.8 Å². The molecule has 1 heterocycles. The average molecular weight is 385 g/mol. The molecule has 0 aliphatic carbocycles. The Balaban J connectivity index is 2.08. The fourth-order valence-corrected chi connectivity index (χ4v) is 2.49. The van der Waals surface area contributed by atoms with Crippen LogP contribution in [-0.2, 0) is 9.53 Å². The number of fused-ring (bicyclic) bond motifs is 1. The first kappa shape index (κ1) is 21.3. The van der Waals surface area contributed by atoms with Gasteiger partial charge in [0.15, 0.2) is 0 Å². The predicted molar refractivity (Wildman–Crippen MR) is 108 cm³/mol. The van der Waals surface area contributed by atoms with E-state index in [2.05, 4.69) is 25.8 Å². The van der Waals surface area contributed by atoms with Gasteiger partial charge < -0.3 is 10.1 Å². The zero-order valence-electron chi connectivity index (χ0n) is 16.9. The highest BCUT2D eigenvalue weighted by atomic mass is 16.6. The van der Waals surface area contributed by atoms with E-state index in [1.165, 1.54) is 6.21 Å². The number of hydrogen-bond acceptors (Lipinski definition) is 6. The lowest BCUT2D eigenvalue weighted by Gasteiger charge is -2.25. The molecule has 0 spiro atoms. The number of nitrogens with zero attached hydrogens (tertiary/aromatic N) is 3. The molecule has 28 heavy (non-hydrogen) atoms. The summed E-state index contributed by atoms with van der Waals surface area (Å²) in [5, 5.41) is 6.66. The van der Waals surface area contributed by atoms with Crippen molar-refractivity contribution in [3.63, 3.8) is 0 Å². The van der Waals surface area contributed by atoms with Crippen LogP contribution in [0.1, 0.15) is 46.6 Å². The quantitative estimate of drug-likeness (QED) is 0.587. The summed E-state index contributed by atoms with van der Waals surface area (Å²) in [7, 11) is 0. The van der Waals surface area contributed by atoms with Crippen LogP contribution >= 0.6 is 0 Å². The van der Waals surface area contributed by atoms with Gasteiger partial charge in [-0.05, 0) is 32.8 Å². The molecule has 1 aromatic carbocycles. The largest absolute Gasteiger partial charge is 0.444 e. The average Bonchev–Trinajstić information content (AvgIpc) is 2.64. The number of nitrogens with one attached hydrogen (secondary N) is 2. The van der Waals surface area contributed by atoms with E-state index in [9.17, 15) is 9.59 Å². The normalized spacial score (nSPS) is 13.9. The summed E-state index contributed by atoms with van der Waals surface area (Å²) in [4.78, 5) is 33.2. The summed E-state index contributed by atoms with van der Waals surface area (Å²) in [6.45, 7) is 9.12. The van der Waals surface area contributed by atoms with E-state index >= 15 is 0 Å². The Morgan fingerprint density at radius 1 is 1.25 bits per heavy atom. The lowest BCUT2D eigenvalue weighted by atomic mass is 9.99. The third-order valence-electron chi connectivity index (χ3n) is 4.08. The highest BCUT2D eigenvalue weighted by Crippen LogP contribution is 2.13. The van der Waals surface area contributed by atoms with Crippen LogP contribution in [0, 0.1) is 5.92 Å². The van der Waals surface area contributed by atoms with Crippen LogP contribution in [0.15, 0.2) is 35.7 Å². The number of para-hydroxylation sites is 1. The molecule has 1 aromatic heterocycles. The molecule has 0 saturated carbocycles. The number of hydrogen-bond donors (Lipinski definition) is 2. The number of carbonyl (C=O) groups excluding carboxylic acids is 2. The number of rotatable bonds is 6. The fraction of sp³-hybridized carbons (Fsp3) is 0.450. The number of hydrazone groups is 1. The number of carbonyl (C=O) groups is 2. The monoisotopic (exact) mass is 385 g/mol. The Morgan fingerprint density at radius 3 is 2.64 bits per heavy atom. The molecule has 0 aliphatic heterocycles. The first-order valence-corrected chi connectivity index (χ1v) is 9.23. The van der Waals surface area contributed by atoms with Crippen LogP contribution in [0.4, 0.5) is 4.79 Å². The van der Waals surface area contributed by atoms with Crippen LogP contribution in [0.25, 0.3) is 11.0 Å². The fourth-order valence-electron chi connectivity index (χ4n) is 2.49. The Morgan fingerprint density at radius 2 is 1.96 bits per heavy atom. The molecule has 8 nitrogen and oxygen atoms in total. The Labute approximate surface area is 164 Å². The molecule has 2 N–H and O–H groups in total. The molecule has 0 unspecified atom stereocenters. The minimum Gasteiger partial charge on any atom is -0.444 e. The summed E-state index contributed by atoms with van der Waals surface area (Å²) in [5.41, 5.74) is 4.00. The van der Waals surface area contributed by atoms with Crippen molar-refractivity contribution < 1.29 is 14.3 Å². The number of benzene rings is 1. The molecule has 8 heteroatoms. The molecule has 0 aliphatic rings. The van der Waals surface area contributed by atoms with E-state index in [0.29, 0.717) is 11.9 Å². The maximum Gasteiger partial charge on any atom is 0.408 e. The van der Waals surface area contributed by atoms with Crippen LogP contribution < -0.4 is 10.7 Å². The SMILES string of the molecule is CC[C@H](C)[C@H](NC(=O)OC(C)(C)C)C(=O)N/N=C\c1cccc2nccnc12. The van der Waals surface area contributed by atoms with E-state index in [-0.39, 0.29) is 5.92 Å². The molecule has 2 atom stereocenters. The van der Waals surface area contributed by atoms with E-state index in [4.69, 9.17) is 4.74 Å². The predicted octanol–water partition coefficient (Wildman–Crippen LogP) is 3.02. The van der Waals surface area contributed by atoms with E-state index in [0.717, 1.165) is 11.1 Å². The molecular formula is C20H27N5O3. The van der Waals surface area contributed by atoms with Gasteiger partial charge in [-0.25, -0.2) is 10.2 Å². The maximum absolute atomic E-state index is 12.6. The minimum atomic E-state index is -0.760. The van der Waals surface area contributed by atoms with Gasteiger partial charge >= 0.3 is 6.09 Å². The van der Waals surface area contributed by atoms with E-state index in [1.807, 2.05) is 32.0 Å². The summed E-state index contributed by atoms with van der Waals surface area (Å²) in [6.07, 6.45) is 4.79. The molecule has 2 amide bonds. The minimum absolute atomic E-state index is 0.0915. The van der Waals surface area contributed by atoms with E-state index < -0.39 is 23.6 Å². The van der Waals surface area contributed by atoms with Crippen molar-refractivity contribution >= 4 is 29.2 Å². The van der Waals surface area contributed by atoms with Gasteiger partial charge in [-0.15, -0.1) is 0 Å². The smallest absolute Gasteiger partial charge is 0.408 e. The van der Waals surface area contributed by atoms with Gasteiger partial charge in [0, 0.05) is 18.0 Å². The summed E-state index contributed by atoms with van der Waals surface area (Å²) < 4.78 is 5.25. The third kappa shape index (κ3) is 6.00. The van der Waals surface area contributed by atoms with Crippen molar-refractivity contribution in [2.75, 3.05) is 0 Å². The van der Waals surface area contributed by atoms with Crippen LogP contribution in [0.5, 0.6) is 0 Å². The lowest BCUT2D eigenvalue weighted by Crippen LogP contribution is -2.50. The van der Waals surface area contributed by atoms with Gasteiger partial charge in [0.05, 0.1) is 17.2 Å². The molecule has 0 fully saturated rings. The highest BCUT2D eigenvalue weighted by Gasteiger charge is 2.28. The van der Waals surface area contributed by atoms with Crippen molar-refractivity contribution in [3.05, 3.63) is 36.2 Å². The third-order valence-corrected chi connectivity index (χ3v) is 4.08. The molecule has 2 aromatic rings. The second-order valence-electron chi connectivity index (χ2n) is 7.51. The second-order valence-corrected chi connectivity index (χ2v) is 7.51.